The summed E-state index contributed by atoms with van der Waals surface area (Å²) in [5.74, 6) is -0.170. The molecule has 71 heavy (non-hydrogen) atoms. The maximum atomic E-state index is 13.0. The third-order valence-corrected chi connectivity index (χ3v) is 15.4. The zero-order valence-electron chi connectivity index (χ0n) is 47.0. The molecule has 0 saturated carbocycles. The highest BCUT2D eigenvalue weighted by Gasteiger charge is 2.44. The van der Waals surface area contributed by atoms with E-state index in [0.29, 0.717) is 6.42 Å². The van der Waals surface area contributed by atoms with Crippen LogP contribution in [-0.4, -0.2) is 87.5 Å². The Balaban J connectivity index is 2.05. The largest absolute Gasteiger partial charge is 0.394 e. The van der Waals surface area contributed by atoms with Gasteiger partial charge in [-0.15, -0.1) is 0 Å². The minimum Gasteiger partial charge on any atom is -0.394 e. The first-order chi connectivity index (χ1) is 34.8. The Bertz CT molecular complexity index is 1120. The first-order valence-electron chi connectivity index (χ1n) is 31.4. The van der Waals surface area contributed by atoms with Gasteiger partial charge in [0.2, 0.25) is 5.91 Å². The van der Waals surface area contributed by atoms with Gasteiger partial charge in [-0.3, -0.25) is 4.79 Å². The van der Waals surface area contributed by atoms with Crippen LogP contribution in [0.2, 0.25) is 0 Å². The summed E-state index contributed by atoms with van der Waals surface area (Å²) in [4.78, 5) is 13.0. The molecule has 0 spiro atoms. The number of rotatable bonds is 55. The van der Waals surface area contributed by atoms with Crippen molar-refractivity contribution in [3.63, 3.8) is 0 Å². The van der Waals surface area contributed by atoms with Gasteiger partial charge in [-0.25, -0.2) is 0 Å². The summed E-state index contributed by atoms with van der Waals surface area (Å²) in [5.41, 5.74) is 0. The summed E-state index contributed by atoms with van der Waals surface area (Å²) in [5, 5.41) is 54.4. The molecule has 0 aromatic carbocycles. The number of ether oxygens (including phenoxy) is 2. The molecule has 9 nitrogen and oxygen atoms in total. The summed E-state index contributed by atoms with van der Waals surface area (Å²) in [6.07, 6.45) is 58.9. The lowest BCUT2D eigenvalue weighted by atomic mass is 9.99. The molecule has 1 fully saturated rings. The molecule has 0 bridgehead atoms. The fourth-order valence-electron chi connectivity index (χ4n) is 10.4. The molecule has 6 N–H and O–H groups in total. The zero-order chi connectivity index (χ0) is 51.5. The summed E-state index contributed by atoms with van der Waals surface area (Å²) >= 11 is 0. The number of nitrogens with one attached hydrogen (secondary N) is 1. The summed E-state index contributed by atoms with van der Waals surface area (Å²) in [6.45, 7) is 3.81. The Morgan fingerprint density at radius 1 is 0.465 bits per heavy atom. The van der Waals surface area contributed by atoms with Gasteiger partial charge < -0.3 is 40.3 Å². The number of hydrogen-bond acceptors (Lipinski definition) is 8. The number of unbranched alkanes of at least 4 members (excludes halogenated alkanes) is 45. The van der Waals surface area contributed by atoms with E-state index in [9.17, 15) is 30.3 Å². The van der Waals surface area contributed by atoms with Crippen molar-refractivity contribution >= 4 is 5.91 Å². The first kappa shape index (κ1) is 67.9. The number of aliphatic hydroxyl groups is 5. The molecule has 1 saturated heterocycles. The topological polar surface area (TPSA) is 149 Å². The minimum absolute atomic E-state index is 0.170. The van der Waals surface area contributed by atoms with Crippen molar-refractivity contribution in [2.24, 2.45) is 0 Å². The highest BCUT2D eigenvalue weighted by Crippen LogP contribution is 2.23. The van der Waals surface area contributed by atoms with E-state index >= 15 is 0 Å². The van der Waals surface area contributed by atoms with Gasteiger partial charge >= 0.3 is 0 Å². The second kappa shape index (κ2) is 52.4. The smallest absolute Gasteiger partial charge is 0.220 e. The van der Waals surface area contributed by atoms with Crippen molar-refractivity contribution in [3.05, 3.63) is 12.2 Å². The predicted molar refractivity (Wildman–Crippen MR) is 300 cm³/mol. The van der Waals surface area contributed by atoms with Gasteiger partial charge in [0, 0.05) is 6.42 Å². The van der Waals surface area contributed by atoms with Crippen LogP contribution in [0.3, 0.4) is 0 Å². The van der Waals surface area contributed by atoms with Crippen LogP contribution in [-0.2, 0) is 14.3 Å². The van der Waals surface area contributed by atoms with Crippen LogP contribution in [0.1, 0.15) is 322 Å². The van der Waals surface area contributed by atoms with Crippen molar-refractivity contribution in [1.82, 2.24) is 5.32 Å². The lowest BCUT2D eigenvalue weighted by Crippen LogP contribution is -2.60. The molecule has 0 radical (unpaired) electrons. The Morgan fingerprint density at radius 3 is 1.10 bits per heavy atom. The minimum atomic E-state index is -1.56. The molecular weight excluding hydrogens is 887 g/mol. The predicted octanol–water partition coefficient (Wildman–Crippen LogP) is 16.0. The lowest BCUT2D eigenvalue weighted by Gasteiger charge is -2.40. The van der Waals surface area contributed by atoms with Gasteiger partial charge in [0.15, 0.2) is 6.29 Å². The lowest BCUT2D eigenvalue weighted by molar-refractivity contribution is -0.302. The van der Waals surface area contributed by atoms with Crippen LogP contribution in [0.5, 0.6) is 0 Å². The van der Waals surface area contributed by atoms with Crippen molar-refractivity contribution in [3.8, 4) is 0 Å². The van der Waals surface area contributed by atoms with Gasteiger partial charge in [-0.2, -0.15) is 0 Å². The molecular formula is C62H121NO8. The third kappa shape index (κ3) is 41.8. The van der Waals surface area contributed by atoms with Gasteiger partial charge in [0.1, 0.15) is 24.4 Å². The summed E-state index contributed by atoms with van der Waals surface area (Å²) < 4.78 is 11.3. The van der Waals surface area contributed by atoms with Crippen molar-refractivity contribution < 1.29 is 39.8 Å². The molecule has 7 atom stereocenters. The fraction of sp³-hybridized carbons (Fsp3) is 0.952. The number of carbonyl (C=O) groups is 1. The van der Waals surface area contributed by atoms with Crippen LogP contribution >= 0.6 is 0 Å². The van der Waals surface area contributed by atoms with E-state index in [0.717, 1.165) is 38.5 Å². The zero-order valence-corrected chi connectivity index (χ0v) is 47.0. The number of amides is 1. The molecule has 1 aliphatic rings. The average molecular weight is 1010 g/mol. The Morgan fingerprint density at radius 2 is 0.775 bits per heavy atom. The second-order valence-electron chi connectivity index (χ2n) is 22.2. The number of hydrogen-bond donors (Lipinski definition) is 6. The van der Waals surface area contributed by atoms with E-state index in [1.807, 2.05) is 6.08 Å². The Labute approximate surface area is 439 Å². The van der Waals surface area contributed by atoms with Crippen LogP contribution in [0.15, 0.2) is 12.2 Å². The van der Waals surface area contributed by atoms with Crippen LogP contribution in [0.25, 0.3) is 0 Å². The average Bonchev–Trinajstić information content (AvgIpc) is 3.37. The SMILES string of the molecule is CCCCCCCCCCCCC/C=C/C(O)C(COC1OC(CO)C(O)C(O)C1O)NC(=O)CCCCCCCCCCCCCCCCCCCCCCCCCCCCCCCCCCCCC. The summed E-state index contributed by atoms with van der Waals surface area (Å²) in [7, 11) is 0. The molecule has 1 rings (SSSR count). The number of aliphatic hydroxyl groups excluding tert-OH is 5. The molecule has 9 heteroatoms. The Kier molecular flexibility index (Phi) is 50.1. The molecule has 0 aliphatic carbocycles. The monoisotopic (exact) mass is 1010 g/mol. The van der Waals surface area contributed by atoms with Crippen LogP contribution in [0.4, 0.5) is 0 Å². The molecule has 1 amide bonds. The highest BCUT2D eigenvalue weighted by molar-refractivity contribution is 5.76. The summed E-state index contributed by atoms with van der Waals surface area (Å²) in [6, 6.07) is -0.800. The number of allylic oxidation sites excluding steroid dienone is 1. The van der Waals surface area contributed by atoms with Gasteiger partial charge in [-0.1, -0.05) is 309 Å². The molecule has 0 aromatic heterocycles. The number of carbonyl (C=O) groups excluding carboxylic acids is 1. The van der Waals surface area contributed by atoms with E-state index < -0.39 is 49.5 Å². The van der Waals surface area contributed by atoms with Crippen molar-refractivity contribution in [2.45, 2.75) is 365 Å². The van der Waals surface area contributed by atoms with E-state index in [1.165, 1.54) is 263 Å². The fourth-order valence-corrected chi connectivity index (χ4v) is 10.4. The quantitative estimate of drug-likeness (QED) is 0.0261. The van der Waals surface area contributed by atoms with Crippen LogP contribution in [0, 0.1) is 0 Å². The second-order valence-corrected chi connectivity index (χ2v) is 22.2. The van der Waals surface area contributed by atoms with E-state index in [2.05, 4.69) is 19.2 Å². The first-order valence-corrected chi connectivity index (χ1v) is 31.4. The van der Waals surface area contributed by atoms with Gasteiger partial charge in [-0.05, 0) is 19.3 Å². The highest BCUT2D eigenvalue weighted by atomic mass is 16.7. The standard InChI is InChI=1S/C62H121NO8/c1-3-5-7-9-11-13-15-17-18-19-20-21-22-23-24-25-26-27-28-29-30-31-32-33-34-35-36-37-38-40-42-44-46-48-50-52-58(66)63-55(54-70-62-61(69)60(68)59(67)57(53-64)71-62)56(65)51-49-47-45-43-41-39-16-14-12-10-8-6-4-2/h49,51,55-57,59-62,64-65,67-69H,3-48,50,52-54H2,1-2H3,(H,63,66)/b51-49+. The normalized spacial score (nSPS) is 19.2. The van der Waals surface area contributed by atoms with E-state index in [-0.39, 0.29) is 12.5 Å². The molecule has 0 aromatic rings. The molecule has 422 valence electrons. The van der Waals surface area contributed by atoms with Crippen LogP contribution < -0.4 is 5.32 Å². The maximum absolute atomic E-state index is 13.0. The molecule has 1 aliphatic heterocycles. The molecule has 7 unspecified atom stereocenters. The third-order valence-electron chi connectivity index (χ3n) is 15.4. The van der Waals surface area contributed by atoms with E-state index in [4.69, 9.17) is 9.47 Å². The van der Waals surface area contributed by atoms with Crippen molar-refractivity contribution in [2.75, 3.05) is 13.2 Å². The van der Waals surface area contributed by atoms with Gasteiger partial charge in [0.25, 0.3) is 0 Å². The maximum Gasteiger partial charge on any atom is 0.220 e. The van der Waals surface area contributed by atoms with E-state index in [1.54, 1.807) is 6.08 Å². The Hall–Kier alpha value is -1.07. The van der Waals surface area contributed by atoms with Gasteiger partial charge in [0.05, 0.1) is 25.4 Å². The molecule has 1 heterocycles. The van der Waals surface area contributed by atoms with Crippen molar-refractivity contribution in [1.29, 1.82) is 0 Å².